The van der Waals surface area contributed by atoms with Crippen LogP contribution in [0.25, 0.3) is 11.5 Å². The Kier molecular flexibility index (Phi) is 3.59. The number of hydrogen-bond acceptors (Lipinski definition) is 4. The highest BCUT2D eigenvalue weighted by atomic mass is 15.3. The highest BCUT2D eigenvalue weighted by Gasteiger charge is 2.20. The van der Waals surface area contributed by atoms with Crippen LogP contribution in [0.4, 0.5) is 0 Å². The minimum absolute atomic E-state index is 0.526. The largest absolute Gasteiger partial charge is 0.335 e. The predicted octanol–water partition coefficient (Wildman–Crippen LogP) is 1.61. The van der Waals surface area contributed by atoms with Gasteiger partial charge >= 0.3 is 0 Å². The summed E-state index contributed by atoms with van der Waals surface area (Å²) in [5, 5.41) is 8.31. The molecular formula is C13H20N6. The molecule has 19 heavy (non-hydrogen) atoms. The molecule has 2 aromatic heterocycles. The van der Waals surface area contributed by atoms with Gasteiger partial charge in [0.05, 0.1) is 6.33 Å². The fraction of sp³-hybridized carbons (Fsp3) is 0.615. The van der Waals surface area contributed by atoms with E-state index in [4.69, 9.17) is 5.73 Å². The molecule has 0 spiro atoms. The van der Waals surface area contributed by atoms with Crippen molar-refractivity contribution in [1.82, 2.24) is 24.3 Å². The van der Waals surface area contributed by atoms with Crippen molar-refractivity contribution >= 4 is 0 Å². The second-order valence-electron chi connectivity index (χ2n) is 5.14. The van der Waals surface area contributed by atoms with E-state index in [1.807, 2.05) is 23.4 Å². The van der Waals surface area contributed by atoms with E-state index < -0.39 is 0 Å². The average molecular weight is 260 g/mol. The van der Waals surface area contributed by atoms with E-state index in [0.717, 1.165) is 18.1 Å². The lowest BCUT2D eigenvalue weighted by atomic mass is 9.95. The highest BCUT2D eigenvalue weighted by molar-refractivity contribution is 5.47. The maximum Gasteiger partial charge on any atom is 0.184 e. The summed E-state index contributed by atoms with van der Waals surface area (Å²) in [6, 6.07) is 0.526. The highest BCUT2D eigenvalue weighted by Crippen LogP contribution is 2.30. The molecule has 2 heterocycles. The molecule has 0 bridgehead atoms. The van der Waals surface area contributed by atoms with Crippen LogP contribution < -0.4 is 5.73 Å². The summed E-state index contributed by atoms with van der Waals surface area (Å²) < 4.78 is 4.18. The van der Waals surface area contributed by atoms with Crippen LogP contribution in [0.2, 0.25) is 0 Å². The molecule has 0 saturated heterocycles. The van der Waals surface area contributed by atoms with Gasteiger partial charge in [0.2, 0.25) is 0 Å². The minimum atomic E-state index is 0.526. The molecule has 0 radical (unpaired) electrons. The van der Waals surface area contributed by atoms with Crippen molar-refractivity contribution in [1.29, 1.82) is 0 Å². The zero-order valence-electron chi connectivity index (χ0n) is 11.1. The second-order valence-corrected chi connectivity index (χ2v) is 5.14. The van der Waals surface area contributed by atoms with Gasteiger partial charge in [0.1, 0.15) is 12.0 Å². The standard InChI is InChI=1S/C13H20N6/c14-6-7-18-8-12(15-9-18)13-17-16-10-19(13)11-4-2-1-3-5-11/h8-11H,1-7,14H2. The van der Waals surface area contributed by atoms with Crippen molar-refractivity contribution < 1.29 is 0 Å². The maximum absolute atomic E-state index is 5.55. The Bertz CT molecular complexity index is 523. The van der Waals surface area contributed by atoms with Crippen LogP contribution in [-0.2, 0) is 6.54 Å². The summed E-state index contributed by atoms with van der Waals surface area (Å²) in [6.45, 7) is 1.40. The molecule has 1 saturated carbocycles. The van der Waals surface area contributed by atoms with Crippen molar-refractivity contribution in [3.63, 3.8) is 0 Å². The first-order valence-corrected chi connectivity index (χ1v) is 7.00. The van der Waals surface area contributed by atoms with E-state index in [-0.39, 0.29) is 0 Å². The van der Waals surface area contributed by atoms with Gasteiger partial charge in [-0.15, -0.1) is 10.2 Å². The predicted molar refractivity (Wildman–Crippen MR) is 72.4 cm³/mol. The Morgan fingerprint density at radius 3 is 2.84 bits per heavy atom. The minimum Gasteiger partial charge on any atom is -0.335 e. The van der Waals surface area contributed by atoms with Gasteiger partial charge in [0.15, 0.2) is 5.82 Å². The van der Waals surface area contributed by atoms with Crippen molar-refractivity contribution in [3.05, 3.63) is 18.9 Å². The summed E-state index contributed by atoms with van der Waals surface area (Å²) in [7, 11) is 0. The van der Waals surface area contributed by atoms with Crippen molar-refractivity contribution in [3.8, 4) is 11.5 Å². The Morgan fingerprint density at radius 2 is 2.05 bits per heavy atom. The molecule has 0 amide bonds. The van der Waals surface area contributed by atoms with E-state index in [0.29, 0.717) is 12.6 Å². The molecule has 2 N–H and O–H groups in total. The third kappa shape index (κ3) is 2.53. The molecule has 3 rings (SSSR count). The van der Waals surface area contributed by atoms with Gasteiger partial charge < -0.3 is 14.9 Å². The first kappa shape index (κ1) is 12.3. The summed E-state index contributed by atoms with van der Waals surface area (Å²) in [4.78, 5) is 4.42. The quantitative estimate of drug-likeness (QED) is 0.906. The average Bonchev–Trinajstić information content (AvgIpc) is 3.08. The van der Waals surface area contributed by atoms with E-state index in [1.165, 1.54) is 32.1 Å². The first-order chi connectivity index (χ1) is 9.38. The van der Waals surface area contributed by atoms with Crippen molar-refractivity contribution in [2.24, 2.45) is 5.73 Å². The Labute approximate surface area is 112 Å². The topological polar surface area (TPSA) is 74.6 Å². The molecule has 6 heteroatoms. The lowest BCUT2D eigenvalue weighted by Gasteiger charge is -2.23. The maximum atomic E-state index is 5.55. The molecular weight excluding hydrogens is 240 g/mol. The molecule has 102 valence electrons. The van der Waals surface area contributed by atoms with Gasteiger partial charge in [-0.25, -0.2) is 4.98 Å². The Balaban J connectivity index is 1.85. The number of hydrogen-bond donors (Lipinski definition) is 1. The fourth-order valence-corrected chi connectivity index (χ4v) is 2.80. The number of nitrogens with zero attached hydrogens (tertiary/aromatic N) is 5. The van der Waals surface area contributed by atoms with Gasteiger partial charge in [-0.2, -0.15) is 0 Å². The Hall–Kier alpha value is -1.69. The summed E-state index contributed by atoms with van der Waals surface area (Å²) in [6.07, 6.45) is 12.0. The lowest BCUT2D eigenvalue weighted by molar-refractivity contribution is 0.355. The van der Waals surface area contributed by atoms with Gasteiger partial charge in [-0.05, 0) is 12.8 Å². The molecule has 0 unspecified atom stereocenters. The molecule has 0 aliphatic heterocycles. The molecule has 1 aliphatic rings. The van der Waals surface area contributed by atoms with E-state index in [9.17, 15) is 0 Å². The van der Waals surface area contributed by atoms with Crippen LogP contribution in [-0.4, -0.2) is 30.9 Å². The molecule has 2 aromatic rings. The van der Waals surface area contributed by atoms with Crippen LogP contribution in [0.3, 0.4) is 0 Å². The molecule has 1 fully saturated rings. The van der Waals surface area contributed by atoms with Gasteiger partial charge in [-0.1, -0.05) is 19.3 Å². The van der Waals surface area contributed by atoms with Crippen LogP contribution >= 0.6 is 0 Å². The first-order valence-electron chi connectivity index (χ1n) is 7.00. The third-order valence-electron chi connectivity index (χ3n) is 3.79. The Morgan fingerprint density at radius 1 is 1.21 bits per heavy atom. The van der Waals surface area contributed by atoms with Crippen LogP contribution in [0.1, 0.15) is 38.1 Å². The zero-order valence-corrected chi connectivity index (χ0v) is 11.1. The number of aromatic nitrogens is 5. The smallest absolute Gasteiger partial charge is 0.184 e. The van der Waals surface area contributed by atoms with Crippen LogP contribution in [0, 0.1) is 0 Å². The van der Waals surface area contributed by atoms with Crippen LogP contribution in [0.5, 0.6) is 0 Å². The van der Waals surface area contributed by atoms with E-state index in [1.54, 1.807) is 0 Å². The van der Waals surface area contributed by atoms with E-state index >= 15 is 0 Å². The second kappa shape index (κ2) is 5.52. The van der Waals surface area contributed by atoms with Crippen molar-refractivity contribution in [2.45, 2.75) is 44.7 Å². The lowest BCUT2D eigenvalue weighted by Crippen LogP contribution is -2.13. The van der Waals surface area contributed by atoms with E-state index in [2.05, 4.69) is 19.7 Å². The fourth-order valence-electron chi connectivity index (χ4n) is 2.80. The molecule has 0 aromatic carbocycles. The van der Waals surface area contributed by atoms with Gasteiger partial charge in [0, 0.05) is 25.3 Å². The number of nitrogens with two attached hydrogens (primary N) is 1. The number of imidazole rings is 1. The van der Waals surface area contributed by atoms with Crippen molar-refractivity contribution in [2.75, 3.05) is 6.54 Å². The number of rotatable bonds is 4. The summed E-state index contributed by atoms with van der Waals surface area (Å²) >= 11 is 0. The molecule has 1 aliphatic carbocycles. The normalized spacial score (nSPS) is 16.9. The summed E-state index contributed by atoms with van der Waals surface area (Å²) in [5.41, 5.74) is 6.44. The van der Waals surface area contributed by atoms with Gasteiger partial charge in [0.25, 0.3) is 0 Å². The molecule has 0 atom stereocenters. The summed E-state index contributed by atoms with van der Waals surface area (Å²) in [5.74, 6) is 0.877. The van der Waals surface area contributed by atoms with Gasteiger partial charge in [-0.3, -0.25) is 0 Å². The monoisotopic (exact) mass is 260 g/mol. The SMILES string of the molecule is NCCn1cnc(-c2nncn2C2CCCCC2)c1. The van der Waals surface area contributed by atoms with Crippen LogP contribution in [0.15, 0.2) is 18.9 Å². The zero-order chi connectivity index (χ0) is 13.1. The third-order valence-corrected chi connectivity index (χ3v) is 3.79. The molecule has 6 nitrogen and oxygen atoms in total.